The van der Waals surface area contributed by atoms with Gasteiger partial charge in [-0.25, -0.2) is 0 Å². The molecular weight excluding hydrogens is 266 g/mol. The van der Waals surface area contributed by atoms with Crippen molar-refractivity contribution in [3.8, 4) is 0 Å². The quantitative estimate of drug-likeness (QED) is 0.902. The first-order valence-corrected chi connectivity index (χ1v) is 8.59. The van der Waals surface area contributed by atoms with Crippen molar-refractivity contribution in [3.63, 3.8) is 0 Å². The molecule has 2 aromatic rings. The SMILES string of the molecule is Cc1ccsc1C(N)c1cc2c(s1)CCSC2. The Hall–Kier alpha value is -0.290. The number of hydrogen-bond donors (Lipinski definition) is 1. The summed E-state index contributed by atoms with van der Waals surface area (Å²) in [5, 5.41) is 2.13. The smallest absolute Gasteiger partial charge is 0.0742 e. The lowest BCUT2D eigenvalue weighted by Gasteiger charge is -2.08. The van der Waals surface area contributed by atoms with Crippen molar-refractivity contribution in [1.29, 1.82) is 0 Å². The molecule has 3 heterocycles. The average Bonchev–Trinajstić information content (AvgIpc) is 2.93. The molecule has 90 valence electrons. The van der Waals surface area contributed by atoms with E-state index >= 15 is 0 Å². The molecule has 0 radical (unpaired) electrons. The van der Waals surface area contributed by atoms with Gasteiger partial charge in [0.05, 0.1) is 6.04 Å². The van der Waals surface area contributed by atoms with Gasteiger partial charge in [0.25, 0.3) is 0 Å². The zero-order valence-electron chi connectivity index (χ0n) is 9.73. The van der Waals surface area contributed by atoms with Crippen molar-refractivity contribution in [3.05, 3.63) is 43.3 Å². The summed E-state index contributed by atoms with van der Waals surface area (Å²) < 4.78 is 0. The van der Waals surface area contributed by atoms with Crippen LogP contribution in [0.15, 0.2) is 17.5 Å². The van der Waals surface area contributed by atoms with Crippen molar-refractivity contribution in [2.75, 3.05) is 5.75 Å². The Morgan fingerprint density at radius 1 is 1.41 bits per heavy atom. The van der Waals surface area contributed by atoms with E-state index in [1.807, 2.05) is 23.1 Å². The lowest BCUT2D eigenvalue weighted by molar-refractivity contribution is 0.907. The molecule has 17 heavy (non-hydrogen) atoms. The number of thioether (sulfide) groups is 1. The maximum Gasteiger partial charge on any atom is 0.0742 e. The fourth-order valence-electron chi connectivity index (χ4n) is 2.16. The van der Waals surface area contributed by atoms with Crippen molar-refractivity contribution >= 4 is 34.4 Å². The second kappa shape index (κ2) is 4.76. The maximum atomic E-state index is 6.39. The van der Waals surface area contributed by atoms with Gasteiger partial charge in [0.2, 0.25) is 0 Å². The van der Waals surface area contributed by atoms with Gasteiger partial charge in [-0.1, -0.05) is 0 Å². The van der Waals surface area contributed by atoms with Crippen LogP contribution >= 0.6 is 34.4 Å². The highest BCUT2D eigenvalue weighted by atomic mass is 32.2. The second-order valence-electron chi connectivity index (χ2n) is 4.35. The van der Waals surface area contributed by atoms with Crippen LogP contribution in [-0.4, -0.2) is 5.75 Å². The van der Waals surface area contributed by atoms with Crippen LogP contribution in [0.1, 0.15) is 31.8 Å². The van der Waals surface area contributed by atoms with Gasteiger partial charge in [-0.3, -0.25) is 0 Å². The summed E-state index contributed by atoms with van der Waals surface area (Å²) in [4.78, 5) is 4.21. The molecule has 3 rings (SSSR count). The highest BCUT2D eigenvalue weighted by molar-refractivity contribution is 7.98. The van der Waals surface area contributed by atoms with E-state index in [9.17, 15) is 0 Å². The highest BCUT2D eigenvalue weighted by Crippen LogP contribution is 2.37. The number of hydrogen-bond acceptors (Lipinski definition) is 4. The molecule has 0 spiro atoms. The van der Waals surface area contributed by atoms with E-state index in [0.29, 0.717) is 0 Å². The molecule has 0 bridgehead atoms. The molecule has 4 heteroatoms. The van der Waals surface area contributed by atoms with Crippen LogP contribution in [0.2, 0.25) is 0 Å². The summed E-state index contributed by atoms with van der Waals surface area (Å²) in [6, 6.07) is 4.56. The number of rotatable bonds is 2. The molecular formula is C13H15NS3. The van der Waals surface area contributed by atoms with E-state index in [-0.39, 0.29) is 6.04 Å². The number of thiophene rings is 2. The van der Waals surface area contributed by atoms with E-state index in [1.54, 1.807) is 16.2 Å². The number of fused-ring (bicyclic) bond motifs is 1. The standard InChI is InChI=1S/C13H15NS3/c1-8-2-5-16-13(8)12(14)11-6-9-7-15-4-3-10(9)17-11/h2,5-6,12H,3-4,7,14H2,1H3. The molecule has 0 saturated heterocycles. The second-order valence-corrected chi connectivity index (χ2v) is 7.57. The third kappa shape index (κ3) is 2.19. The molecule has 0 fully saturated rings. The van der Waals surface area contributed by atoms with Gasteiger partial charge < -0.3 is 5.73 Å². The minimum absolute atomic E-state index is 0.0793. The molecule has 1 nitrogen and oxygen atoms in total. The Bertz CT molecular complexity index is 503. The summed E-state index contributed by atoms with van der Waals surface area (Å²) in [7, 11) is 0. The van der Waals surface area contributed by atoms with Gasteiger partial charge >= 0.3 is 0 Å². The van der Waals surface area contributed by atoms with Crippen molar-refractivity contribution < 1.29 is 0 Å². The summed E-state index contributed by atoms with van der Waals surface area (Å²) in [6.07, 6.45) is 1.22. The Morgan fingerprint density at radius 3 is 3.00 bits per heavy atom. The molecule has 0 aliphatic carbocycles. The van der Waals surface area contributed by atoms with E-state index in [2.05, 4.69) is 24.4 Å². The molecule has 0 amide bonds. The Labute approximate surface area is 114 Å². The van der Waals surface area contributed by atoms with Crippen LogP contribution in [0.25, 0.3) is 0 Å². The van der Waals surface area contributed by atoms with Crippen LogP contribution in [0.5, 0.6) is 0 Å². The third-order valence-corrected chi connectivity index (χ3v) is 6.57. The van der Waals surface area contributed by atoms with Gasteiger partial charge in [-0.2, -0.15) is 11.8 Å². The van der Waals surface area contributed by atoms with E-state index in [1.165, 1.54) is 38.8 Å². The zero-order chi connectivity index (χ0) is 11.8. The first-order chi connectivity index (χ1) is 8.25. The average molecular weight is 281 g/mol. The molecule has 1 atom stereocenters. The highest BCUT2D eigenvalue weighted by Gasteiger charge is 2.19. The van der Waals surface area contributed by atoms with Crippen LogP contribution < -0.4 is 5.73 Å². The molecule has 1 unspecified atom stereocenters. The van der Waals surface area contributed by atoms with Crippen molar-refractivity contribution in [2.24, 2.45) is 5.73 Å². The van der Waals surface area contributed by atoms with E-state index in [4.69, 9.17) is 5.73 Å². The lowest BCUT2D eigenvalue weighted by atomic mass is 10.1. The summed E-state index contributed by atoms with van der Waals surface area (Å²) in [6.45, 7) is 2.15. The predicted molar refractivity (Wildman–Crippen MR) is 79.3 cm³/mol. The van der Waals surface area contributed by atoms with Gasteiger partial charge in [-0.05, 0) is 47.7 Å². The van der Waals surface area contributed by atoms with Crippen LogP contribution in [0.3, 0.4) is 0 Å². The van der Waals surface area contributed by atoms with E-state index in [0.717, 1.165) is 0 Å². The van der Waals surface area contributed by atoms with E-state index < -0.39 is 0 Å². The van der Waals surface area contributed by atoms with Crippen LogP contribution in [0, 0.1) is 6.92 Å². The summed E-state index contributed by atoms with van der Waals surface area (Å²) in [5.41, 5.74) is 9.23. The molecule has 0 aromatic carbocycles. The van der Waals surface area contributed by atoms with Crippen molar-refractivity contribution in [2.45, 2.75) is 25.1 Å². The summed E-state index contributed by atoms with van der Waals surface area (Å²) in [5.74, 6) is 2.43. The Morgan fingerprint density at radius 2 is 2.29 bits per heavy atom. The first kappa shape index (κ1) is 11.8. The molecule has 0 saturated carbocycles. The summed E-state index contributed by atoms with van der Waals surface area (Å²) >= 11 is 5.73. The van der Waals surface area contributed by atoms with Gasteiger partial charge in [0, 0.05) is 20.4 Å². The molecule has 1 aliphatic heterocycles. The molecule has 1 aliphatic rings. The fourth-order valence-corrected chi connectivity index (χ4v) is 5.56. The maximum absolute atomic E-state index is 6.39. The monoisotopic (exact) mass is 281 g/mol. The predicted octanol–water partition coefficient (Wildman–Crippen LogP) is 3.96. The fraction of sp³-hybridized carbons (Fsp3) is 0.385. The topological polar surface area (TPSA) is 26.0 Å². The van der Waals surface area contributed by atoms with Crippen LogP contribution in [-0.2, 0) is 12.2 Å². The minimum Gasteiger partial charge on any atom is -0.319 e. The van der Waals surface area contributed by atoms with Gasteiger partial charge in [0.1, 0.15) is 0 Å². The Balaban J connectivity index is 1.94. The van der Waals surface area contributed by atoms with Gasteiger partial charge in [0.15, 0.2) is 0 Å². The third-order valence-electron chi connectivity index (χ3n) is 3.14. The number of aryl methyl sites for hydroxylation is 2. The lowest BCUT2D eigenvalue weighted by Crippen LogP contribution is -2.09. The largest absolute Gasteiger partial charge is 0.319 e. The number of nitrogens with two attached hydrogens (primary N) is 1. The van der Waals surface area contributed by atoms with Gasteiger partial charge in [-0.15, -0.1) is 22.7 Å². The molecule has 2 N–H and O–H groups in total. The minimum atomic E-state index is 0.0793. The van der Waals surface area contributed by atoms with Crippen molar-refractivity contribution in [1.82, 2.24) is 0 Å². The Kier molecular flexibility index (Phi) is 3.30. The first-order valence-electron chi connectivity index (χ1n) is 5.74. The normalized spacial score (nSPS) is 16.8. The zero-order valence-corrected chi connectivity index (χ0v) is 12.2. The van der Waals surface area contributed by atoms with Crippen LogP contribution in [0.4, 0.5) is 0 Å². The molecule has 2 aromatic heterocycles.